The maximum atomic E-state index is 12.9. The predicted molar refractivity (Wildman–Crippen MR) is 135 cm³/mol. The van der Waals surface area contributed by atoms with Gasteiger partial charge in [0.25, 0.3) is 5.91 Å². The van der Waals surface area contributed by atoms with Crippen LogP contribution >= 0.6 is 0 Å². The number of aromatic nitrogens is 5. The number of benzene rings is 2. The van der Waals surface area contributed by atoms with Crippen molar-refractivity contribution >= 4 is 22.6 Å². The van der Waals surface area contributed by atoms with Gasteiger partial charge in [0.05, 0.1) is 23.3 Å². The number of anilines is 1. The zero-order chi connectivity index (χ0) is 24.4. The van der Waals surface area contributed by atoms with E-state index in [1.165, 1.54) is 12.4 Å². The van der Waals surface area contributed by atoms with Crippen LogP contribution in [-0.4, -0.2) is 30.2 Å². The molecule has 0 fully saturated rings. The molecule has 0 spiro atoms. The standard InChI is InChI=1S/C27H23N7O/c1-18(32-27(35)24-26(28)30-14-13-29-24)23-15-21-8-6-7-20(12-11-19-16-31-33(2)17-19)25(21)34(23)22-9-4-3-5-10-22/h3-10,13-18H,1-2H3,(H2,28,30)(H,32,35)/t18-/m1/s1. The molecule has 1 amide bonds. The minimum absolute atomic E-state index is 0.0914. The van der Waals surface area contributed by atoms with Crippen LogP contribution in [0.25, 0.3) is 16.6 Å². The summed E-state index contributed by atoms with van der Waals surface area (Å²) in [5, 5.41) is 8.22. The van der Waals surface area contributed by atoms with Gasteiger partial charge in [-0.1, -0.05) is 42.2 Å². The second-order valence-electron chi connectivity index (χ2n) is 8.12. The maximum Gasteiger partial charge on any atom is 0.274 e. The fraction of sp³-hybridized carbons (Fsp3) is 0.111. The van der Waals surface area contributed by atoms with Gasteiger partial charge in [0.1, 0.15) is 0 Å². The molecule has 1 atom stereocenters. The summed E-state index contributed by atoms with van der Waals surface area (Å²) in [4.78, 5) is 21.0. The molecule has 0 saturated heterocycles. The second-order valence-corrected chi connectivity index (χ2v) is 8.12. The zero-order valence-electron chi connectivity index (χ0n) is 19.3. The lowest BCUT2D eigenvalue weighted by atomic mass is 10.1. The molecule has 8 nitrogen and oxygen atoms in total. The molecule has 0 aliphatic carbocycles. The first-order chi connectivity index (χ1) is 17.0. The van der Waals surface area contributed by atoms with Crippen LogP contribution in [0.1, 0.15) is 40.3 Å². The van der Waals surface area contributed by atoms with E-state index in [1.54, 1.807) is 10.9 Å². The van der Waals surface area contributed by atoms with E-state index >= 15 is 0 Å². The Kier molecular flexibility index (Phi) is 5.73. The van der Waals surface area contributed by atoms with Crippen LogP contribution in [0.15, 0.2) is 79.4 Å². The van der Waals surface area contributed by atoms with Crippen LogP contribution in [0.4, 0.5) is 5.82 Å². The van der Waals surface area contributed by atoms with Gasteiger partial charge in [0.15, 0.2) is 11.5 Å². The number of hydrogen-bond donors (Lipinski definition) is 2. The summed E-state index contributed by atoms with van der Waals surface area (Å²) in [6.07, 6.45) is 6.52. The smallest absolute Gasteiger partial charge is 0.274 e. The quantitative estimate of drug-likeness (QED) is 0.398. The Hall–Kier alpha value is -4.90. The normalized spacial score (nSPS) is 11.6. The van der Waals surface area contributed by atoms with Gasteiger partial charge in [-0.25, -0.2) is 9.97 Å². The summed E-state index contributed by atoms with van der Waals surface area (Å²) in [5.74, 6) is 6.22. The van der Waals surface area contributed by atoms with Crippen LogP contribution in [0.3, 0.4) is 0 Å². The van der Waals surface area contributed by atoms with E-state index in [0.717, 1.165) is 33.4 Å². The van der Waals surface area contributed by atoms with E-state index in [-0.39, 0.29) is 23.5 Å². The van der Waals surface area contributed by atoms with Crippen molar-refractivity contribution in [3.8, 4) is 17.5 Å². The Morgan fingerprint density at radius 3 is 2.60 bits per heavy atom. The maximum absolute atomic E-state index is 12.9. The summed E-state index contributed by atoms with van der Waals surface area (Å²) >= 11 is 0. The van der Waals surface area contributed by atoms with E-state index in [2.05, 4.69) is 42.9 Å². The van der Waals surface area contributed by atoms with Crippen LogP contribution < -0.4 is 11.1 Å². The van der Waals surface area contributed by atoms with Gasteiger partial charge in [-0.3, -0.25) is 9.48 Å². The lowest BCUT2D eigenvalue weighted by Gasteiger charge is -2.18. The molecule has 0 bridgehead atoms. The Bertz CT molecular complexity index is 1590. The lowest BCUT2D eigenvalue weighted by Crippen LogP contribution is -2.29. The molecule has 5 rings (SSSR count). The minimum atomic E-state index is -0.385. The summed E-state index contributed by atoms with van der Waals surface area (Å²) in [5.41, 5.74) is 10.5. The number of carbonyl (C=O) groups is 1. The first-order valence-corrected chi connectivity index (χ1v) is 11.1. The molecule has 0 radical (unpaired) electrons. The Balaban J connectivity index is 1.62. The van der Waals surface area contributed by atoms with E-state index in [0.29, 0.717) is 0 Å². The fourth-order valence-electron chi connectivity index (χ4n) is 4.04. The largest absolute Gasteiger partial charge is 0.382 e. The molecule has 0 aliphatic rings. The van der Waals surface area contributed by atoms with Crippen molar-refractivity contribution in [2.45, 2.75) is 13.0 Å². The third-order valence-corrected chi connectivity index (χ3v) is 5.65. The van der Waals surface area contributed by atoms with Crippen molar-refractivity contribution in [3.63, 3.8) is 0 Å². The van der Waals surface area contributed by atoms with Crippen molar-refractivity contribution in [1.82, 2.24) is 29.6 Å². The Morgan fingerprint density at radius 1 is 1.06 bits per heavy atom. The van der Waals surface area contributed by atoms with Gasteiger partial charge in [-0.2, -0.15) is 5.10 Å². The zero-order valence-corrected chi connectivity index (χ0v) is 19.3. The SMILES string of the molecule is C[C@@H](NC(=O)c1nccnc1N)c1cc2cccc(C#Cc3cnn(C)c3)c2n1-c1ccccc1. The highest BCUT2D eigenvalue weighted by molar-refractivity contribution is 5.96. The summed E-state index contributed by atoms with van der Waals surface area (Å²) in [6, 6.07) is 17.8. The number of carbonyl (C=O) groups excluding carboxylic acids is 1. The minimum Gasteiger partial charge on any atom is -0.382 e. The number of amides is 1. The Labute approximate surface area is 202 Å². The number of para-hydroxylation sites is 2. The van der Waals surface area contributed by atoms with Gasteiger partial charge in [0.2, 0.25) is 0 Å². The molecule has 0 saturated carbocycles. The molecule has 0 unspecified atom stereocenters. The fourth-order valence-corrected chi connectivity index (χ4v) is 4.04. The number of nitrogens with one attached hydrogen (secondary N) is 1. The highest BCUT2D eigenvalue weighted by atomic mass is 16.2. The van der Waals surface area contributed by atoms with Gasteiger partial charge in [-0.05, 0) is 31.2 Å². The number of fused-ring (bicyclic) bond motifs is 1. The van der Waals surface area contributed by atoms with E-state index in [9.17, 15) is 4.79 Å². The average molecular weight is 462 g/mol. The molecule has 5 aromatic rings. The number of nitrogens with zero attached hydrogens (tertiary/aromatic N) is 5. The number of rotatable bonds is 4. The average Bonchev–Trinajstić information content (AvgIpc) is 3.47. The van der Waals surface area contributed by atoms with Crippen molar-refractivity contribution in [3.05, 3.63) is 102 Å². The molecule has 3 aromatic heterocycles. The van der Waals surface area contributed by atoms with Crippen molar-refractivity contribution in [2.24, 2.45) is 7.05 Å². The molecule has 172 valence electrons. The molecular formula is C27H23N7O. The second kappa shape index (κ2) is 9.15. The van der Waals surface area contributed by atoms with Crippen LogP contribution in [-0.2, 0) is 7.05 Å². The van der Waals surface area contributed by atoms with Gasteiger partial charge in [0, 0.05) is 48.0 Å². The monoisotopic (exact) mass is 461 g/mol. The topological polar surface area (TPSA) is 104 Å². The highest BCUT2D eigenvalue weighted by Crippen LogP contribution is 2.30. The third kappa shape index (κ3) is 4.35. The van der Waals surface area contributed by atoms with Crippen LogP contribution in [0.5, 0.6) is 0 Å². The van der Waals surface area contributed by atoms with E-state index in [4.69, 9.17) is 5.73 Å². The summed E-state index contributed by atoms with van der Waals surface area (Å²) < 4.78 is 3.86. The number of hydrogen-bond acceptors (Lipinski definition) is 5. The molecule has 3 N–H and O–H groups in total. The van der Waals surface area contributed by atoms with E-state index < -0.39 is 0 Å². The molecule has 2 aromatic carbocycles. The molecule has 8 heteroatoms. The summed E-state index contributed by atoms with van der Waals surface area (Å²) in [7, 11) is 1.86. The highest BCUT2D eigenvalue weighted by Gasteiger charge is 2.21. The molecule has 3 heterocycles. The van der Waals surface area contributed by atoms with Crippen LogP contribution in [0, 0.1) is 11.8 Å². The number of aryl methyl sites for hydroxylation is 1. The van der Waals surface area contributed by atoms with Crippen molar-refractivity contribution < 1.29 is 4.79 Å². The first kappa shape index (κ1) is 21.9. The summed E-state index contributed by atoms with van der Waals surface area (Å²) in [6.45, 7) is 1.93. The molecule has 0 aliphatic heterocycles. The van der Waals surface area contributed by atoms with Gasteiger partial charge >= 0.3 is 0 Å². The third-order valence-electron chi connectivity index (χ3n) is 5.65. The Morgan fingerprint density at radius 2 is 1.86 bits per heavy atom. The van der Waals surface area contributed by atoms with Gasteiger partial charge in [-0.15, -0.1) is 0 Å². The number of nitrogen functional groups attached to an aromatic ring is 1. The van der Waals surface area contributed by atoms with E-state index in [1.807, 2.05) is 68.7 Å². The van der Waals surface area contributed by atoms with Crippen molar-refractivity contribution in [2.75, 3.05) is 5.73 Å². The van der Waals surface area contributed by atoms with Crippen LogP contribution in [0.2, 0.25) is 0 Å². The molecular weight excluding hydrogens is 438 g/mol. The lowest BCUT2D eigenvalue weighted by molar-refractivity contribution is 0.0934. The number of nitrogens with two attached hydrogens (primary N) is 1. The van der Waals surface area contributed by atoms with Gasteiger partial charge < -0.3 is 15.6 Å². The molecule has 35 heavy (non-hydrogen) atoms. The first-order valence-electron chi connectivity index (χ1n) is 11.1. The van der Waals surface area contributed by atoms with Crippen molar-refractivity contribution in [1.29, 1.82) is 0 Å². The predicted octanol–water partition coefficient (Wildman–Crippen LogP) is 3.63.